The fraction of sp³-hybridized carbons (Fsp3) is 0.303. The van der Waals surface area contributed by atoms with Gasteiger partial charge in [-0.3, -0.25) is 14.7 Å². The highest BCUT2D eigenvalue weighted by molar-refractivity contribution is 6.04. The Morgan fingerprint density at radius 3 is 2.48 bits per heavy atom. The number of halogens is 3. The molecule has 2 aromatic carbocycles. The van der Waals surface area contributed by atoms with Crippen LogP contribution in [0.4, 0.5) is 18.9 Å². The summed E-state index contributed by atoms with van der Waals surface area (Å²) in [6.07, 6.45) is 0.365. The Hall–Kier alpha value is -4.88. The lowest BCUT2D eigenvalue weighted by atomic mass is 10.0. The Kier molecular flexibility index (Phi) is 8.69. The van der Waals surface area contributed by atoms with Crippen LogP contribution in [0.5, 0.6) is 11.6 Å². The number of rotatable bonds is 8. The minimum Gasteiger partial charge on any atom is -0.437 e. The van der Waals surface area contributed by atoms with Crippen LogP contribution in [0.2, 0.25) is 0 Å². The molecule has 46 heavy (non-hydrogen) atoms. The van der Waals surface area contributed by atoms with E-state index in [9.17, 15) is 18.0 Å². The highest BCUT2D eigenvalue weighted by Crippen LogP contribution is 2.34. The minimum absolute atomic E-state index is 0.0790. The lowest BCUT2D eigenvalue weighted by molar-refractivity contribution is -0.138. The molecule has 0 saturated carbocycles. The van der Waals surface area contributed by atoms with Crippen molar-refractivity contribution in [1.82, 2.24) is 34.3 Å². The fourth-order valence-corrected chi connectivity index (χ4v) is 5.29. The largest absolute Gasteiger partial charge is 0.437 e. The maximum Gasteiger partial charge on any atom is 0.416 e. The molecular weight excluding hydrogens is 597 g/mol. The minimum atomic E-state index is -4.60. The van der Waals surface area contributed by atoms with Gasteiger partial charge in [0.25, 0.3) is 11.8 Å². The van der Waals surface area contributed by atoms with Crippen LogP contribution in [0.3, 0.4) is 0 Å². The summed E-state index contributed by atoms with van der Waals surface area (Å²) in [7, 11) is 1.99. The van der Waals surface area contributed by atoms with Crippen LogP contribution >= 0.6 is 0 Å². The first kappa shape index (κ1) is 31.1. The number of hydrogen-bond donors (Lipinski definition) is 1. The normalized spacial score (nSPS) is 14.6. The van der Waals surface area contributed by atoms with Crippen molar-refractivity contribution in [3.63, 3.8) is 0 Å². The highest BCUT2D eigenvalue weighted by atomic mass is 19.4. The second-order valence-electron chi connectivity index (χ2n) is 11.5. The summed E-state index contributed by atoms with van der Waals surface area (Å²) in [6.45, 7) is 7.14. The maximum absolute atomic E-state index is 14.1. The molecule has 0 bridgehead atoms. The Morgan fingerprint density at radius 2 is 1.76 bits per heavy atom. The number of likely N-dealkylation sites (N-methyl/N-ethyl adjacent to an activating group) is 1. The monoisotopic (exact) mass is 630 g/mol. The smallest absolute Gasteiger partial charge is 0.416 e. The zero-order valence-corrected chi connectivity index (χ0v) is 25.6. The van der Waals surface area contributed by atoms with Gasteiger partial charge in [-0.25, -0.2) is 9.97 Å². The molecule has 0 radical (unpaired) electrons. The maximum atomic E-state index is 14.1. The molecule has 1 aliphatic heterocycles. The number of pyridine rings is 1. The Morgan fingerprint density at radius 1 is 1.00 bits per heavy atom. The molecule has 5 aromatic rings. The molecule has 10 nitrogen and oxygen atoms in total. The molecule has 13 heteroatoms. The summed E-state index contributed by atoms with van der Waals surface area (Å²) in [4.78, 5) is 35.2. The van der Waals surface area contributed by atoms with Gasteiger partial charge < -0.3 is 19.5 Å². The first-order valence-electron chi connectivity index (χ1n) is 14.9. The summed E-state index contributed by atoms with van der Waals surface area (Å²) in [5.74, 6) is 0.309. The zero-order valence-electron chi connectivity index (χ0n) is 25.6. The molecule has 1 saturated heterocycles. The van der Waals surface area contributed by atoms with Gasteiger partial charge in [0.2, 0.25) is 0 Å². The standard InChI is InChI=1S/C33H33F3N8O2/c1-21(2)44-20-38-28-30(44)40-29(22-9-11-37-12-10-22)41-32(28)46-26-6-4-5-25(18-26)39-31(45)23-7-8-24(27(17-23)33(34,35)36)19-43-15-13-42(3)14-16-43/h4-12,17-18,20-21H,13-16,19H2,1-3H3,(H,39,45). The molecule has 0 spiro atoms. The first-order chi connectivity index (χ1) is 22.0. The summed E-state index contributed by atoms with van der Waals surface area (Å²) in [6, 6.07) is 14.0. The van der Waals surface area contributed by atoms with E-state index >= 15 is 0 Å². The molecule has 6 rings (SSSR count). The number of carbonyl (C=O) groups excluding carboxylic acids is 1. The Balaban J connectivity index is 1.24. The number of piperazine rings is 1. The van der Waals surface area contributed by atoms with Crippen LogP contribution in [0.25, 0.3) is 22.6 Å². The summed E-state index contributed by atoms with van der Waals surface area (Å²) in [5, 5.41) is 2.70. The van der Waals surface area contributed by atoms with Gasteiger partial charge in [-0.05, 0) is 62.9 Å². The lowest BCUT2D eigenvalue weighted by Gasteiger charge is -2.33. The first-order valence-corrected chi connectivity index (χ1v) is 14.9. The fourth-order valence-electron chi connectivity index (χ4n) is 5.29. The topological polar surface area (TPSA) is 101 Å². The number of benzene rings is 2. The molecule has 4 heterocycles. The van der Waals surface area contributed by atoms with Crippen molar-refractivity contribution >= 4 is 22.8 Å². The average Bonchev–Trinajstić information content (AvgIpc) is 3.47. The molecular formula is C33H33F3N8O2. The van der Waals surface area contributed by atoms with E-state index in [0.717, 1.165) is 24.7 Å². The highest BCUT2D eigenvalue weighted by Gasteiger charge is 2.34. The predicted octanol–water partition coefficient (Wildman–Crippen LogP) is 6.28. The summed E-state index contributed by atoms with van der Waals surface area (Å²) < 4.78 is 50.4. The number of amides is 1. The number of aromatic nitrogens is 5. The Labute approximate surface area is 263 Å². The number of anilines is 1. The third kappa shape index (κ3) is 6.85. The van der Waals surface area contributed by atoms with E-state index in [4.69, 9.17) is 9.72 Å². The van der Waals surface area contributed by atoms with Crippen LogP contribution in [0, 0.1) is 0 Å². The van der Waals surface area contributed by atoms with Crippen molar-refractivity contribution in [2.45, 2.75) is 32.6 Å². The molecule has 0 unspecified atom stereocenters. The van der Waals surface area contributed by atoms with E-state index in [0.29, 0.717) is 41.5 Å². The number of hydrogen-bond acceptors (Lipinski definition) is 8. The molecule has 1 amide bonds. The summed E-state index contributed by atoms with van der Waals surface area (Å²) in [5.41, 5.74) is 1.36. The van der Waals surface area contributed by atoms with E-state index < -0.39 is 17.6 Å². The van der Waals surface area contributed by atoms with Crippen LogP contribution in [0.15, 0.2) is 73.3 Å². The number of fused-ring (bicyclic) bond motifs is 1. The molecule has 0 atom stereocenters. The van der Waals surface area contributed by atoms with Crippen LogP contribution in [-0.2, 0) is 12.7 Å². The number of nitrogens with zero attached hydrogens (tertiary/aromatic N) is 7. The van der Waals surface area contributed by atoms with Crippen molar-refractivity contribution in [3.8, 4) is 23.0 Å². The molecule has 3 aromatic heterocycles. The third-order valence-electron chi connectivity index (χ3n) is 7.86. The van der Waals surface area contributed by atoms with Crippen LogP contribution in [0.1, 0.15) is 41.4 Å². The second-order valence-corrected chi connectivity index (χ2v) is 11.5. The second kappa shape index (κ2) is 12.9. The van der Waals surface area contributed by atoms with Crippen molar-refractivity contribution < 1.29 is 22.7 Å². The van der Waals surface area contributed by atoms with E-state index in [1.54, 1.807) is 55.1 Å². The van der Waals surface area contributed by atoms with E-state index in [-0.39, 0.29) is 29.6 Å². The van der Waals surface area contributed by atoms with Gasteiger partial charge in [-0.15, -0.1) is 0 Å². The molecule has 1 aliphatic rings. The van der Waals surface area contributed by atoms with Crippen molar-refractivity contribution in [1.29, 1.82) is 0 Å². The van der Waals surface area contributed by atoms with Gasteiger partial charge in [0.05, 0.1) is 11.9 Å². The van der Waals surface area contributed by atoms with E-state index in [2.05, 4.69) is 25.2 Å². The predicted molar refractivity (Wildman–Crippen MR) is 168 cm³/mol. The van der Waals surface area contributed by atoms with E-state index in [1.807, 2.05) is 30.4 Å². The third-order valence-corrected chi connectivity index (χ3v) is 7.86. The number of carbonyl (C=O) groups is 1. The van der Waals surface area contributed by atoms with Gasteiger partial charge in [-0.1, -0.05) is 12.1 Å². The quantitative estimate of drug-likeness (QED) is 0.214. The average molecular weight is 631 g/mol. The lowest BCUT2D eigenvalue weighted by Crippen LogP contribution is -2.44. The van der Waals surface area contributed by atoms with E-state index in [1.165, 1.54) is 12.1 Å². The number of ether oxygens (including phenoxy) is 1. The van der Waals surface area contributed by atoms with Crippen LogP contribution in [-0.4, -0.2) is 73.4 Å². The molecule has 0 aliphatic carbocycles. The summed E-state index contributed by atoms with van der Waals surface area (Å²) >= 11 is 0. The van der Waals surface area contributed by atoms with Gasteiger partial charge in [0.1, 0.15) is 5.75 Å². The van der Waals surface area contributed by atoms with Crippen LogP contribution < -0.4 is 10.1 Å². The number of imidazole rings is 1. The molecule has 238 valence electrons. The zero-order chi connectivity index (χ0) is 32.4. The number of alkyl halides is 3. The molecule has 1 fully saturated rings. The van der Waals surface area contributed by atoms with Gasteiger partial charge in [0, 0.05) is 74.0 Å². The van der Waals surface area contributed by atoms with Crippen molar-refractivity contribution in [3.05, 3.63) is 90.0 Å². The van der Waals surface area contributed by atoms with Gasteiger partial charge >= 0.3 is 6.18 Å². The SMILES string of the molecule is CC(C)n1cnc2c(Oc3cccc(NC(=O)c4ccc(CN5CCN(C)CC5)c(C(F)(F)F)c4)c3)nc(-c3ccncc3)nc21. The number of nitrogens with one attached hydrogen (secondary N) is 1. The Bertz CT molecular complexity index is 1850. The van der Waals surface area contributed by atoms with Gasteiger partial charge in [0.15, 0.2) is 17.0 Å². The van der Waals surface area contributed by atoms with Crippen molar-refractivity contribution in [2.75, 3.05) is 38.5 Å². The van der Waals surface area contributed by atoms with Gasteiger partial charge in [-0.2, -0.15) is 18.2 Å². The van der Waals surface area contributed by atoms with Crippen molar-refractivity contribution in [2.24, 2.45) is 0 Å². The molecule has 1 N–H and O–H groups in total.